The van der Waals surface area contributed by atoms with Gasteiger partial charge in [0.15, 0.2) is 0 Å². The molecule has 0 aliphatic heterocycles. The first-order valence-corrected chi connectivity index (χ1v) is 13.2. The Labute approximate surface area is 184 Å². The van der Waals surface area contributed by atoms with Crippen molar-refractivity contribution in [1.82, 2.24) is 0 Å². The number of thiol groups is 1. The molecule has 0 saturated carbocycles. The fraction of sp³-hybridized carbons (Fsp3) is 0. The Hall–Kier alpha value is -1.21. The second-order valence-corrected chi connectivity index (χ2v) is 13.0. The van der Waals surface area contributed by atoms with Gasteiger partial charge in [0, 0.05) is 0 Å². The Balaban J connectivity index is 2.03. The topological polar surface area (TPSA) is 34.1 Å². The van der Waals surface area contributed by atoms with Gasteiger partial charge in [0.05, 0.1) is 0 Å². The number of halogens is 2. The van der Waals surface area contributed by atoms with Crippen molar-refractivity contribution in [3.63, 3.8) is 0 Å². The molecular weight excluding hydrogens is 616 g/mol. The molecule has 3 aromatic carbocycles. The van der Waals surface area contributed by atoms with E-state index in [0.717, 1.165) is 6.07 Å². The summed E-state index contributed by atoms with van der Waals surface area (Å²) in [6.45, 7) is 0. The number of hydrogen-bond acceptors (Lipinski definition) is 3. The van der Waals surface area contributed by atoms with E-state index in [9.17, 15) is 17.2 Å². The van der Waals surface area contributed by atoms with Gasteiger partial charge >= 0.3 is 162 Å². The summed E-state index contributed by atoms with van der Waals surface area (Å²) < 4.78 is 53.6. The molecule has 0 radical (unpaired) electrons. The second kappa shape index (κ2) is 7.90. The summed E-state index contributed by atoms with van der Waals surface area (Å²) in [5.41, 5.74) is 0. The molecule has 0 saturated heterocycles. The van der Waals surface area contributed by atoms with E-state index in [0.29, 0.717) is 18.0 Å². The molecule has 0 N–H and O–H groups in total. The molecule has 0 atom stereocenters. The van der Waals surface area contributed by atoms with Crippen LogP contribution in [0, 0.1) is 36.4 Å². The molecule has 0 spiro atoms. The maximum absolute atomic E-state index is 13.7. The van der Waals surface area contributed by atoms with Crippen LogP contribution in [0.3, 0.4) is 0 Å². The summed E-state index contributed by atoms with van der Waals surface area (Å²) in [4.78, 5) is 1.68. The molecule has 0 amide bonds. The van der Waals surface area contributed by atoms with Crippen molar-refractivity contribution in [3.8, 4) is 0 Å². The molecule has 0 fully saturated rings. The first-order valence-electron chi connectivity index (χ1n) is 7.80. The van der Waals surface area contributed by atoms with E-state index in [1.54, 1.807) is 18.2 Å². The van der Waals surface area contributed by atoms with Crippen LogP contribution in [-0.2, 0) is 9.84 Å². The molecule has 146 valence electrons. The van der Waals surface area contributed by atoms with Gasteiger partial charge < -0.3 is 0 Å². The molecule has 3 aromatic rings. The predicted molar refractivity (Wildman–Crippen MR) is 110 cm³/mol. The monoisotopic (exact) mass is 631 g/mol. The van der Waals surface area contributed by atoms with Crippen LogP contribution in [0.1, 0.15) is 0 Å². The van der Waals surface area contributed by atoms with Gasteiger partial charge in [-0.15, -0.1) is 12.6 Å². The Morgan fingerprint density at radius 1 is 0.750 bits per heavy atom. The van der Waals surface area contributed by atoms with Gasteiger partial charge in [-0.25, -0.2) is 4.39 Å². The van der Waals surface area contributed by atoms with Crippen molar-refractivity contribution in [2.24, 2.45) is 0 Å². The first kappa shape index (κ1) is 21.5. The third-order valence-electron chi connectivity index (χ3n) is 4.04. The van der Waals surface area contributed by atoms with Crippen molar-refractivity contribution in [2.75, 3.05) is 0 Å². The van der Waals surface area contributed by atoms with Gasteiger partial charge in [-0.05, 0) is 6.07 Å². The van der Waals surface area contributed by atoms with Gasteiger partial charge in [0.1, 0.15) is 0 Å². The number of rotatable bonds is 4. The Bertz CT molecular complexity index is 1130. The van der Waals surface area contributed by atoms with E-state index in [-0.39, 0.29) is 9.79 Å². The Morgan fingerprint density at radius 3 is 1.86 bits per heavy atom. The van der Waals surface area contributed by atoms with Gasteiger partial charge in [0.25, 0.3) is 0 Å². The molecule has 0 bridgehead atoms. The number of benzene rings is 3. The van der Waals surface area contributed by atoms with Crippen LogP contribution in [0.5, 0.6) is 0 Å². The van der Waals surface area contributed by atoms with Crippen LogP contribution < -0.4 is 3.27 Å². The van der Waals surface area contributed by atoms with Crippen LogP contribution >= 0.6 is 21.8 Å². The molecule has 28 heavy (non-hydrogen) atoms. The summed E-state index contributed by atoms with van der Waals surface area (Å²) in [7, 11) is -5.92. The standard InChI is InChI=1S/C20H15AtF2O2S3/c1-27(2,19-10-15(23)9-16(26)12-19)17-3-5-18(6-4-17)28(24,25)20-8-13(21)7-14(22)11-20/h3-12,26H,1-2H2. The van der Waals surface area contributed by atoms with Crippen LogP contribution in [-0.4, -0.2) is 20.2 Å². The van der Waals surface area contributed by atoms with E-state index >= 15 is 0 Å². The van der Waals surface area contributed by atoms with E-state index in [1.807, 2.05) is 0 Å². The zero-order valence-electron chi connectivity index (χ0n) is 14.4. The summed E-state index contributed by atoms with van der Waals surface area (Å²) in [5.74, 6) is 7.25. The van der Waals surface area contributed by atoms with Crippen LogP contribution in [0.25, 0.3) is 0 Å². The molecule has 0 heterocycles. The zero-order valence-corrected chi connectivity index (χ0v) is 19.9. The molecular formula is C20H15AtF2O2S3. The van der Waals surface area contributed by atoms with Gasteiger partial charge in [0.2, 0.25) is 0 Å². The normalized spacial score (nSPS) is 12.1. The van der Waals surface area contributed by atoms with Gasteiger partial charge in [-0.1, -0.05) is 0 Å². The van der Waals surface area contributed by atoms with Crippen LogP contribution in [0.4, 0.5) is 8.78 Å². The number of sulfone groups is 1. The fourth-order valence-corrected chi connectivity index (χ4v) is 7.05. The zero-order chi connectivity index (χ0) is 20.7. The average molecular weight is 632 g/mol. The average Bonchev–Trinajstić information content (AvgIpc) is 2.60. The van der Waals surface area contributed by atoms with E-state index in [1.165, 1.54) is 61.1 Å². The van der Waals surface area contributed by atoms with E-state index in [2.05, 4.69) is 24.4 Å². The third-order valence-corrected chi connectivity index (χ3v) is 9.21. The molecule has 8 heteroatoms. The first-order chi connectivity index (χ1) is 13.0. The van der Waals surface area contributed by atoms with Gasteiger partial charge in [-0.2, -0.15) is 0 Å². The predicted octanol–water partition coefficient (Wildman–Crippen LogP) is 4.35. The van der Waals surface area contributed by atoms with Crippen LogP contribution in [0.15, 0.2) is 85.1 Å². The van der Waals surface area contributed by atoms with Crippen molar-refractivity contribution in [3.05, 3.63) is 72.3 Å². The molecule has 0 unspecified atom stereocenters. The second-order valence-electron chi connectivity index (χ2n) is 6.11. The Kier molecular flexibility index (Phi) is 6.07. The summed E-state index contributed by atoms with van der Waals surface area (Å²) in [6.07, 6.45) is 0. The molecule has 0 aromatic heterocycles. The quantitative estimate of drug-likeness (QED) is 0.344. The molecule has 0 aliphatic carbocycles. The van der Waals surface area contributed by atoms with Gasteiger partial charge in [-0.3, -0.25) is 0 Å². The van der Waals surface area contributed by atoms with E-state index in [4.69, 9.17) is 0 Å². The van der Waals surface area contributed by atoms with E-state index < -0.39 is 30.7 Å². The summed E-state index contributed by atoms with van der Waals surface area (Å²) >= 11 is 5.38. The SMILES string of the molecule is C=S(=C)(c1ccc(S(=O)(=O)c2cc(F)cc([At])c2)cc1)c1cc(F)cc(S)c1. The Morgan fingerprint density at radius 2 is 1.29 bits per heavy atom. The minimum atomic E-state index is -3.86. The number of hydrogen-bond donors (Lipinski definition) is 1. The summed E-state index contributed by atoms with van der Waals surface area (Å²) in [5, 5.41) is 0. The molecule has 0 aliphatic rings. The third kappa shape index (κ3) is 4.35. The van der Waals surface area contributed by atoms with Crippen LogP contribution in [0.2, 0.25) is 0 Å². The molecule has 3 rings (SSSR count). The maximum atomic E-state index is 13.7. The van der Waals surface area contributed by atoms with Crippen molar-refractivity contribution in [1.29, 1.82) is 0 Å². The fourth-order valence-electron chi connectivity index (χ4n) is 2.61. The molecule has 2 nitrogen and oxygen atoms in total. The van der Waals surface area contributed by atoms with Crippen molar-refractivity contribution >= 4 is 46.7 Å². The minimum absolute atomic E-state index is 0.0391. The van der Waals surface area contributed by atoms with Crippen molar-refractivity contribution < 1.29 is 41.9 Å². The van der Waals surface area contributed by atoms with Crippen molar-refractivity contribution in [2.45, 2.75) is 24.5 Å². The summed E-state index contributed by atoms with van der Waals surface area (Å²) in [6, 6.07) is 14.2.